The fourth-order valence-corrected chi connectivity index (χ4v) is 3.69. The number of hydrogen-bond acceptors (Lipinski definition) is 10. The van der Waals surface area contributed by atoms with Crippen LogP contribution in [0.25, 0.3) is 11.3 Å². The van der Waals surface area contributed by atoms with Crippen molar-refractivity contribution >= 4 is 29.0 Å². The summed E-state index contributed by atoms with van der Waals surface area (Å²) in [5.41, 5.74) is 8.61. The van der Waals surface area contributed by atoms with E-state index in [0.29, 0.717) is 28.3 Å². The van der Waals surface area contributed by atoms with Crippen LogP contribution in [-0.2, 0) is 22.6 Å². The third-order valence-electron chi connectivity index (χ3n) is 4.53. The van der Waals surface area contributed by atoms with E-state index in [9.17, 15) is 4.55 Å². The van der Waals surface area contributed by atoms with Gasteiger partial charge in [0.2, 0.25) is 11.8 Å². The van der Waals surface area contributed by atoms with Crippen molar-refractivity contribution in [1.29, 1.82) is 10.8 Å². The Morgan fingerprint density at radius 2 is 1.82 bits per heavy atom. The molecule has 0 saturated heterocycles. The Balaban J connectivity index is 1.74. The first-order valence-electron chi connectivity index (χ1n) is 10.0. The average Bonchev–Trinajstić information content (AvgIpc) is 2.83. The van der Waals surface area contributed by atoms with Crippen molar-refractivity contribution in [2.45, 2.75) is 11.4 Å². The molecule has 10 nitrogen and oxygen atoms in total. The summed E-state index contributed by atoms with van der Waals surface area (Å²) in [6.45, 7) is 0.818. The van der Waals surface area contributed by atoms with E-state index < -0.39 is 17.3 Å². The van der Waals surface area contributed by atoms with Gasteiger partial charge in [-0.05, 0) is 49.0 Å². The van der Waals surface area contributed by atoms with Crippen molar-refractivity contribution in [3.63, 3.8) is 0 Å². The third kappa shape index (κ3) is 6.34. The molecular weight excluding hydrogens is 442 g/mol. The zero-order valence-electron chi connectivity index (χ0n) is 18.0. The van der Waals surface area contributed by atoms with Gasteiger partial charge >= 0.3 is 0 Å². The molecule has 11 heteroatoms. The lowest BCUT2D eigenvalue weighted by Gasteiger charge is -2.12. The summed E-state index contributed by atoms with van der Waals surface area (Å²) in [5, 5.41) is 28.3. The number of aliphatic hydroxyl groups excluding tert-OH is 1. The van der Waals surface area contributed by atoms with Crippen LogP contribution in [0.2, 0.25) is 0 Å². The highest BCUT2D eigenvalue weighted by molar-refractivity contribution is 7.89. The van der Waals surface area contributed by atoms with Crippen LogP contribution in [0.5, 0.6) is 0 Å². The van der Waals surface area contributed by atoms with Gasteiger partial charge in [-0.25, -0.2) is 9.97 Å². The van der Waals surface area contributed by atoms with Crippen LogP contribution < -0.4 is 15.8 Å². The molecule has 1 heterocycles. The highest BCUT2D eigenvalue weighted by Gasteiger charge is 2.17. The van der Waals surface area contributed by atoms with Crippen molar-refractivity contribution in [1.82, 2.24) is 20.0 Å². The SMILES string of the molecule is CNCc1ccc(C(=N)OC(=N)c2nc(-c3ccc([S+]([O-])NCCO)cc3)cnc2N)cc1. The molecule has 0 saturated carbocycles. The number of benzene rings is 2. The van der Waals surface area contributed by atoms with E-state index in [1.807, 2.05) is 19.2 Å². The number of aromatic nitrogens is 2. The van der Waals surface area contributed by atoms with Gasteiger partial charge in [-0.3, -0.25) is 10.8 Å². The number of nitrogens with one attached hydrogen (secondary N) is 4. The first kappa shape index (κ1) is 24.3. The van der Waals surface area contributed by atoms with Crippen LogP contribution in [0.3, 0.4) is 0 Å². The minimum Gasteiger partial charge on any atom is -0.593 e. The number of ether oxygens (including phenoxy) is 1. The summed E-state index contributed by atoms with van der Waals surface area (Å²) in [5.74, 6) is -0.589. The molecule has 1 aromatic heterocycles. The Bertz CT molecular complexity index is 1110. The summed E-state index contributed by atoms with van der Waals surface area (Å²) < 4.78 is 20.2. The maximum atomic E-state index is 12.1. The molecule has 2 aromatic carbocycles. The van der Waals surface area contributed by atoms with E-state index in [0.717, 1.165) is 5.56 Å². The smallest absolute Gasteiger partial charge is 0.243 e. The van der Waals surface area contributed by atoms with E-state index >= 15 is 0 Å². The van der Waals surface area contributed by atoms with Crippen molar-refractivity contribution < 1.29 is 14.4 Å². The predicted octanol–water partition coefficient (Wildman–Crippen LogP) is 1.42. The van der Waals surface area contributed by atoms with E-state index in [4.69, 9.17) is 26.4 Å². The highest BCUT2D eigenvalue weighted by atomic mass is 32.2. The van der Waals surface area contributed by atoms with Crippen LogP contribution in [0.4, 0.5) is 5.82 Å². The van der Waals surface area contributed by atoms with Gasteiger partial charge in [0.25, 0.3) is 0 Å². The molecule has 0 aliphatic heterocycles. The molecule has 3 rings (SSSR count). The van der Waals surface area contributed by atoms with E-state index in [-0.39, 0.29) is 30.6 Å². The predicted molar refractivity (Wildman–Crippen MR) is 127 cm³/mol. The van der Waals surface area contributed by atoms with Crippen molar-refractivity contribution in [2.24, 2.45) is 0 Å². The lowest BCUT2D eigenvalue weighted by Crippen LogP contribution is -2.26. The molecule has 0 aliphatic rings. The van der Waals surface area contributed by atoms with Gasteiger partial charge in [-0.1, -0.05) is 12.1 Å². The van der Waals surface area contributed by atoms with Crippen molar-refractivity contribution in [2.75, 3.05) is 25.9 Å². The lowest BCUT2D eigenvalue weighted by atomic mass is 10.1. The number of nitrogen functional groups attached to an aromatic ring is 1. The molecule has 1 unspecified atom stereocenters. The molecule has 0 bridgehead atoms. The quantitative estimate of drug-likeness (QED) is 0.155. The van der Waals surface area contributed by atoms with E-state index in [1.165, 1.54) is 6.20 Å². The summed E-state index contributed by atoms with van der Waals surface area (Å²) >= 11 is -1.44. The lowest BCUT2D eigenvalue weighted by molar-refractivity contribution is 0.301. The Kier molecular flexibility index (Phi) is 8.46. The molecule has 0 fully saturated rings. The second kappa shape index (κ2) is 11.5. The first-order valence-corrected chi connectivity index (χ1v) is 11.2. The van der Waals surface area contributed by atoms with Gasteiger partial charge in [0.1, 0.15) is 0 Å². The second-order valence-corrected chi connectivity index (χ2v) is 8.19. The molecule has 172 valence electrons. The van der Waals surface area contributed by atoms with Crippen LogP contribution in [0.1, 0.15) is 16.8 Å². The minimum atomic E-state index is -1.44. The summed E-state index contributed by atoms with van der Waals surface area (Å²) in [6.07, 6.45) is 1.47. The number of nitrogens with two attached hydrogens (primary N) is 1. The minimum absolute atomic E-state index is 0.00634. The Hall–Kier alpha value is -3.35. The first-order chi connectivity index (χ1) is 15.9. The molecule has 1 atom stereocenters. The number of aliphatic hydroxyl groups is 1. The van der Waals surface area contributed by atoms with Gasteiger partial charge in [0, 0.05) is 17.7 Å². The molecule has 0 amide bonds. The van der Waals surface area contributed by atoms with Gasteiger partial charge in [0.15, 0.2) is 16.4 Å². The molecule has 0 radical (unpaired) electrons. The molecule has 33 heavy (non-hydrogen) atoms. The normalized spacial score (nSPS) is 11.7. The van der Waals surface area contributed by atoms with Crippen LogP contribution in [0.15, 0.2) is 59.6 Å². The maximum absolute atomic E-state index is 12.1. The summed E-state index contributed by atoms with van der Waals surface area (Å²) in [4.78, 5) is 9.03. The maximum Gasteiger partial charge on any atom is 0.243 e. The number of nitrogens with zero attached hydrogens (tertiary/aromatic N) is 2. The summed E-state index contributed by atoms with van der Waals surface area (Å²) in [7, 11) is 1.85. The van der Waals surface area contributed by atoms with Crippen molar-refractivity contribution in [3.05, 3.63) is 71.5 Å². The summed E-state index contributed by atoms with van der Waals surface area (Å²) in [6, 6.07) is 14.0. The second-order valence-electron chi connectivity index (χ2n) is 6.89. The van der Waals surface area contributed by atoms with Crippen LogP contribution >= 0.6 is 0 Å². The zero-order valence-corrected chi connectivity index (χ0v) is 18.8. The molecule has 7 N–H and O–H groups in total. The van der Waals surface area contributed by atoms with Gasteiger partial charge < -0.3 is 25.4 Å². The number of rotatable bonds is 9. The van der Waals surface area contributed by atoms with Gasteiger partial charge in [0.05, 0.1) is 36.4 Å². The average molecular weight is 468 g/mol. The fraction of sp³-hybridized carbons (Fsp3) is 0.182. The molecule has 0 spiro atoms. The standard InChI is InChI=1S/C22H25N7O3S/c1-26-12-14-2-4-16(5-3-14)21(24)32-22(25)19-20(23)27-13-18(29-19)15-6-8-17(9-7-15)33(31)28-10-11-30/h2-9,13,24-26,28,30H,10-12H2,1H3,(H2,23,27). The van der Waals surface area contributed by atoms with E-state index in [1.54, 1.807) is 36.4 Å². The van der Waals surface area contributed by atoms with E-state index in [2.05, 4.69) is 20.0 Å². The topological polar surface area (TPSA) is 176 Å². The monoisotopic (exact) mass is 467 g/mol. The third-order valence-corrected chi connectivity index (χ3v) is 5.69. The number of anilines is 1. The number of hydrogen-bond donors (Lipinski definition) is 6. The fourth-order valence-electron chi connectivity index (χ4n) is 2.86. The Morgan fingerprint density at radius 3 is 2.45 bits per heavy atom. The van der Waals surface area contributed by atoms with Gasteiger partial charge in [-0.2, -0.15) is 0 Å². The van der Waals surface area contributed by atoms with Crippen LogP contribution in [0, 0.1) is 10.8 Å². The Labute approximate surface area is 194 Å². The molecular formula is C22H25N7O3S. The van der Waals surface area contributed by atoms with Gasteiger partial charge in [-0.15, -0.1) is 4.72 Å². The molecule has 0 aliphatic carbocycles. The van der Waals surface area contributed by atoms with Crippen molar-refractivity contribution in [3.8, 4) is 11.3 Å². The highest BCUT2D eigenvalue weighted by Crippen LogP contribution is 2.21. The zero-order chi connectivity index (χ0) is 23.8. The van der Waals surface area contributed by atoms with Crippen LogP contribution in [-0.4, -0.2) is 51.6 Å². The largest absolute Gasteiger partial charge is 0.593 e. The Morgan fingerprint density at radius 1 is 1.12 bits per heavy atom. The molecule has 3 aromatic rings.